The van der Waals surface area contributed by atoms with Gasteiger partial charge in [0.1, 0.15) is 0 Å². The summed E-state index contributed by atoms with van der Waals surface area (Å²) < 4.78 is 29.2. The number of rotatable bonds is 4. The molecule has 2 heterocycles. The molecular formula is C14H18N4O2S. The number of hydrogen-bond donors (Lipinski definition) is 2. The van der Waals surface area contributed by atoms with Crippen molar-refractivity contribution >= 4 is 15.7 Å². The predicted molar refractivity (Wildman–Crippen MR) is 80.6 cm³/mol. The zero-order valence-electron chi connectivity index (χ0n) is 11.8. The second-order valence-electron chi connectivity index (χ2n) is 5.02. The minimum absolute atomic E-state index is 0.0470. The topological polar surface area (TPSA) is 76.0 Å². The van der Waals surface area contributed by atoms with Crippen molar-refractivity contribution in [3.05, 3.63) is 41.9 Å². The van der Waals surface area contributed by atoms with E-state index in [1.165, 1.54) is 18.1 Å². The molecule has 112 valence electrons. The van der Waals surface area contributed by atoms with Crippen molar-refractivity contribution in [2.24, 2.45) is 0 Å². The Labute approximate surface area is 124 Å². The van der Waals surface area contributed by atoms with Crippen molar-refractivity contribution in [3.63, 3.8) is 0 Å². The smallest absolute Gasteiger partial charge is 0.280 e. The van der Waals surface area contributed by atoms with Gasteiger partial charge in [-0.25, -0.2) is 4.98 Å². The molecule has 0 saturated carbocycles. The Bertz CT molecular complexity index is 752. The minimum atomic E-state index is -3.65. The molecule has 21 heavy (non-hydrogen) atoms. The number of aryl methyl sites for hydroxylation is 1. The lowest BCUT2D eigenvalue weighted by atomic mass is 10.00. The summed E-state index contributed by atoms with van der Waals surface area (Å²) in [5.41, 5.74) is 2.83. The molecule has 0 bridgehead atoms. The van der Waals surface area contributed by atoms with Crippen LogP contribution in [-0.4, -0.2) is 24.5 Å². The number of imidazole rings is 1. The number of anilines is 1. The van der Waals surface area contributed by atoms with E-state index in [-0.39, 0.29) is 5.03 Å². The van der Waals surface area contributed by atoms with Gasteiger partial charge in [0.15, 0.2) is 5.03 Å². The molecule has 0 unspecified atom stereocenters. The largest absolute Gasteiger partial charge is 0.336 e. The van der Waals surface area contributed by atoms with Gasteiger partial charge in [0.05, 0.1) is 12.0 Å². The molecule has 7 heteroatoms. The first-order valence-corrected chi connectivity index (χ1v) is 8.44. The lowest BCUT2D eigenvalue weighted by Gasteiger charge is -2.20. The van der Waals surface area contributed by atoms with E-state index in [0.717, 1.165) is 18.5 Å². The third-order valence-electron chi connectivity index (χ3n) is 3.64. The molecule has 0 atom stereocenters. The maximum absolute atomic E-state index is 12.4. The Morgan fingerprint density at radius 1 is 1.43 bits per heavy atom. The van der Waals surface area contributed by atoms with E-state index < -0.39 is 10.0 Å². The van der Waals surface area contributed by atoms with Crippen molar-refractivity contribution in [1.29, 1.82) is 0 Å². The van der Waals surface area contributed by atoms with Crippen LogP contribution in [0.3, 0.4) is 0 Å². The number of nitrogens with zero attached hydrogens (tertiary/aromatic N) is 2. The molecule has 0 fully saturated rings. The fourth-order valence-corrected chi connectivity index (χ4v) is 3.50. The molecule has 1 aromatic heterocycles. The molecule has 0 aliphatic carbocycles. The molecule has 1 aliphatic rings. The van der Waals surface area contributed by atoms with Gasteiger partial charge in [-0.1, -0.05) is 12.1 Å². The molecule has 0 radical (unpaired) electrons. The number of nitrogens with one attached hydrogen (secondary N) is 2. The first-order chi connectivity index (χ1) is 10.1. The van der Waals surface area contributed by atoms with Gasteiger partial charge in [-0.15, -0.1) is 0 Å². The van der Waals surface area contributed by atoms with Crippen LogP contribution >= 0.6 is 0 Å². The monoisotopic (exact) mass is 306 g/mol. The van der Waals surface area contributed by atoms with Crippen LogP contribution in [0.2, 0.25) is 0 Å². The van der Waals surface area contributed by atoms with Crippen LogP contribution in [0.4, 0.5) is 5.69 Å². The van der Waals surface area contributed by atoms with E-state index in [0.29, 0.717) is 18.8 Å². The standard InChI is InChI=1S/C14H18N4O2S/c1-2-18-9-14(16-10-18)21(19,20)17-13-5-3-4-11-6-7-15-8-12(11)13/h3-5,9-10,15,17H,2,6-8H2,1H3. The molecule has 2 N–H and O–H groups in total. The average Bonchev–Trinajstić information content (AvgIpc) is 2.97. The van der Waals surface area contributed by atoms with Gasteiger partial charge >= 0.3 is 0 Å². The summed E-state index contributed by atoms with van der Waals surface area (Å²) in [4.78, 5) is 3.96. The van der Waals surface area contributed by atoms with Crippen LogP contribution in [0.25, 0.3) is 0 Å². The highest BCUT2D eigenvalue weighted by molar-refractivity contribution is 7.92. The third-order valence-corrected chi connectivity index (χ3v) is 4.89. The van der Waals surface area contributed by atoms with Crippen molar-refractivity contribution in [2.75, 3.05) is 11.3 Å². The first-order valence-electron chi connectivity index (χ1n) is 6.96. The lowest BCUT2D eigenvalue weighted by Crippen LogP contribution is -2.25. The van der Waals surface area contributed by atoms with Gasteiger partial charge in [-0.2, -0.15) is 8.42 Å². The molecule has 0 spiro atoms. The number of benzene rings is 1. The molecule has 1 aromatic carbocycles. The Balaban J connectivity index is 1.92. The van der Waals surface area contributed by atoms with Crippen LogP contribution < -0.4 is 10.0 Å². The fourth-order valence-electron chi connectivity index (χ4n) is 2.46. The van der Waals surface area contributed by atoms with E-state index in [1.54, 1.807) is 10.6 Å². The predicted octanol–water partition coefficient (Wildman–Crippen LogP) is 1.35. The highest BCUT2D eigenvalue weighted by atomic mass is 32.2. The zero-order chi connectivity index (χ0) is 14.9. The summed E-state index contributed by atoms with van der Waals surface area (Å²) in [5, 5.41) is 3.31. The SMILES string of the molecule is CCn1cnc(S(=O)(=O)Nc2cccc3c2CNCC3)c1. The van der Waals surface area contributed by atoms with Crippen LogP contribution in [0.1, 0.15) is 18.1 Å². The Kier molecular flexibility index (Phi) is 3.69. The van der Waals surface area contributed by atoms with Gasteiger partial charge in [0, 0.05) is 19.3 Å². The molecule has 6 nitrogen and oxygen atoms in total. The number of aromatic nitrogens is 2. The quantitative estimate of drug-likeness (QED) is 0.894. The molecule has 0 saturated heterocycles. The number of fused-ring (bicyclic) bond motifs is 1. The maximum atomic E-state index is 12.4. The van der Waals surface area contributed by atoms with Crippen LogP contribution in [0.5, 0.6) is 0 Å². The fraction of sp³-hybridized carbons (Fsp3) is 0.357. The highest BCUT2D eigenvalue weighted by Crippen LogP contribution is 2.25. The number of hydrogen-bond acceptors (Lipinski definition) is 4. The van der Waals surface area contributed by atoms with E-state index in [2.05, 4.69) is 15.0 Å². The summed E-state index contributed by atoms with van der Waals surface area (Å²) in [6.07, 6.45) is 3.97. The van der Waals surface area contributed by atoms with Gasteiger partial charge in [0.2, 0.25) is 0 Å². The molecule has 2 aromatic rings. The van der Waals surface area contributed by atoms with E-state index >= 15 is 0 Å². The van der Waals surface area contributed by atoms with E-state index in [4.69, 9.17) is 0 Å². The highest BCUT2D eigenvalue weighted by Gasteiger charge is 2.20. The second kappa shape index (κ2) is 5.50. The summed E-state index contributed by atoms with van der Waals surface area (Å²) in [5.74, 6) is 0. The van der Waals surface area contributed by atoms with Crippen molar-refractivity contribution < 1.29 is 8.42 Å². The van der Waals surface area contributed by atoms with Gasteiger partial charge < -0.3 is 9.88 Å². The summed E-state index contributed by atoms with van der Waals surface area (Å²) >= 11 is 0. The van der Waals surface area contributed by atoms with E-state index in [9.17, 15) is 8.42 Å². The van der Waals surface area contributed by atoms with Crippen molar-refractivity contribution in [2.45, 2.75) is 31.5 Å². The van der Waals surface area contributed by atoms with Crippen LogP contribution in [-0.2, 0) is 29.5 Å². The minimum Gasteiger partial charge on any atom is -0.336 e. The van der Waals surface area contributed by atoms with Crippen LogP contribution in [0, 0.1) is 0 Å². The van der Waals surface area contributed by atoms with Crippen molar-refractivity contribution in [1.82, 2.24) is 14.9 Å². The van der Waals surface area contributed by atoms with Crippen LogP contribution in [0.15, 0.2) is 35.7 Å². The molecule has 0 amide bonds. The Morgan fingerprint density at radius 2 is 2.29 bits per heavy atom. The normalized spacial score (nSPS) is 14.7. The van der Waals surface area contributed by atoms with Gasteiger partial charge in [0.25, 0.3) is 10.0 Å². The maximum Gasteiger partial charge on any atom is 0.280 e. The van der Waals surface area contributed by atoms with Gasteiger partial charge in [-0.05, 0) is 37.1 Å². The second-order valence-corrected chi connectivity index (χ2v) is 6.65. The summed E-state index contributed by atoms with van der Waals surface area (Å²) in [6, 6.07) is 5.71. The zero-order valence-corrected chi connectivity index (χ0v) is 12.7. The Morgan fingerprint density at radius 3 is 3.05 bits per heavy atom. The summed E-state index contributed by atoms with van der Waals surface area (Å²) in [7, 11) is -3.65. The first kappa shape index (κ1) is 14.1. The Hall–Kier alpha value is -1.86. The third kappa shape index (κ3) is 2.79. The van der Waals surface area contributed by atoms with Crippen molar-refractivity contribution in [3.8, 4) is 0 Å². The average molecular weight is 306 g/mol. The molecule has 1 aliphatic heterocycles. The van der Waals surface area contributed by atoms with E-state index in [1.807, 2.05) is 19.1 Å². The van der Waals surface area contributed by atoms with Gasteiger partial charge in [-0.3, -0.25) is 4.72 Å². The molecular weight excluding hydrogens is 288 g/mol. The lowest BCUT2D eigenvalue weighted by molar-refractivity contribution is 0.597. The number of sulfonamides is 1. The molecule has 3 rings (SSSR count). The summed E-state index contributed by atoms with van der Waals surface area (Å²) in [6.45, 7) is 4.22.